The first kappa shape index (κ1) is 14.9. The van der Waals surface area contributed by atoms with E-state index in [0.29, 0.717) is 5.16 Å². The summed E-state index contributed by atoms with van der Waals surface area (Å²) >= 11 is 1.21. The van der Waals surface area contributed by atoms with Gasteiger partial charge >= 0.3 is 0 Å². The predicted molar refractivity (Wildman–Crippen MR) is 70.2 cm³/mol. The third-order valence-corrected chi connectivity index (χ3v) is 3.65. The number of hydrogen-bond donors (Lipinski definition) is 1. The van der Waals surface area contributed by atoms with Crippen LogP contribution < -0.4 is 0 Å². The van der Waals surface area contributed by atoms with Crippen LogP contribution >= 0.6 is 11.8 Å². The fourth-order valence-electron chi connectivity index (χ4n) is 1.62. The lowest BCUT2D eigenvalue weighted by atomic mass is 10.1. The van der Waals surface area contributed by atoms with Crippen LogP contribution in [0.4, 0.5) is 8.78 Å². The third-order valence-electron chi connectivity index (χ3n) is 2.64. The van der Waals surface area contributed by atoms with Gasteiger partial charge in [0.15, 0.2) is 0 Å². The first-order valence-electron chi connectivity index (χ1n) is 6.02. The molecule has 0 saturated carbocycles. The number of tetrazole rings is 1. The molecule has 1 N–H and O–H groups in total. The lowest BCUT2D eigenvalue weighted by Crippen LogP contribution is -2.08. The molecule has 5 nitrogen and oxygen atoms in total. The van der Waals surface area contributed by atoms with Crippen molar-refractivity contribution in [2.24, 2.45) is 0 Å². The number of nitrogens with zero attached hydrogens (tertiary/aromatic N) is 4. The Morgan fingerprint density at radius 1 is 1.35 bits per heavy atom. The van der Waals surface area contributed by atoms with Gasteiger partial charge in [0, 0.05) is 17.4 Å². The molecule has 0 fully saturated rings. The van der Waals surface area contributed by atoms with E-state index in [1.807, 2.05) is 13.8 Å². The maximum absolute atomic E-state index is 13.5. The van der Waals surface area contributed by atoms with Crippen LogP contribution in [0.15, 0.2) is 23.4 Å². The molecule has 0 amide bonds. The van der Waals surface area contributed by atoms with Gasteiger partial charge in [0.1, 0.15) is 11.6 Å². The number of rotatable bonds is 5. The summed E-state index contributed by atoms with van der Waals surface area (Å²) in [5.41, 5.74) is 0.0578. The number of aliphatic hydroxyl groups excluding tert-OH is 1. The number of hydrogen-bond acceptors (Lipinski definition) is 5. The fourth-order valence-corrected chi connectivity index (χ4v) is 2.58. The number of thioether (sulfide) groups is 1. The topological polar surface area (TPSA) is 63.8 Å². The van der Waals surface area contributed by atoms with Gasteiger partial charge in [-0.25, -0.2) is 13.5 Å². The smallest absolute Gasteiger partial charge is 0.209 e. The molecule has 2 rings (SSSR count). The van der Waals surface area contributed by atoms with Crippen molar-refractivity contribution in [1.82, 2.24) is 20.2 Å². The second kappa shape index (κ2) is 6.27. The SMILES string of the molecule is CC(C)n1nnnc1SCC(O)c1ccc(F)cc1F. The monoisotopic (exact) mass is 300 g/mol. The highest BCUT2D eigenvalue weighted by atomic mass is 32.2. The van der Waals surface area contributed by atoms with E-state index in [1.165, 1.54) is 17.8 Å². The van der Waals surface area contributed by atoms with E-state index in [0.717, 1.165) is 12.1 Å². The molecule has 1 heterocycles. The van der Waals surface area contributed by atoms with E-state index < -0.39 is 17.7 Å². The van der Waals surface area contributed by atoms with Crippen LogP contribution in [0.2, 0.25) is 0 Å². The molecule has 1 atom stereocenters. The molecular formula is C12H14F2N4OS. The van der Waals surface area contributed by atoms with E-state index in [2.05, 4.69) is 15.5 Å². The molecule has 0 radical (unpaired) electrons. The predicted octanol–water partition coefficient (Wildman–Crippen LogP) is 2.36. The van der Waals surface area contributed by atoms with Crippen molar-refractivity contribution in [1.29, 1.82) is 0 Å². The summed E-state index contributed by atoms with van der Waals surface area (Å²) in [5.74, 6) is -1.26. The molecule has 0 saturated heterocycles. The van der Waals surface area contributed by atoms with Gasteiger partial charge in [-0.2, -0.15) is 0 Å². The second-order valence-electron chi connectivity index (χ2n) is 4.49. The van der Waals surface area contributed by atoms with E-state index in [4.69, 9.17) is 0 Å². The van der Waals surface area contributed by atoms with Crippen molar-refractivity contribution in [3.8, 4) is 0 Å². The zero-order chi connectivity index (χ0) is 14.7. The zero-order valence-corrected chi connectivity index (χ0v) is 11.8. The number of aromatic nitrogens is 4. The molecule has 1 unspecified atom stereocenters. The standard InChI is InChI=1S/C12H14F2N4OS/c1-7(2)18-12(15-16-17-18)20-6-11(19)9-4-3-8(13)5-10(9)14/h3-5,7,11,19H,6H2,1-2H3. The summed E-state index contributed by atoms with van der Waals surface area (Å²) in [6.45, 7) is 3.85. The van der Waals surface area contributed by atoms with Gasteiger partial charge in [-0.3, -0.25) is 0 Å². The van der Waals surface area contributed by atoms with E-state index >= 15 is 0 Å². The van der Waals surface area contributed by atoms with Crippen LogP contribution in [0, 0.1) is 11.6 Å². The molecule has 0 bridgehead atoms. The Bertz CT molecular complexity index is 591. The number of benzene rings is 1. The number of halogens is 2. The van der Waals surface area contributed by atoms with E-state index in [9.17, 15) is 13.9 Å². The Kier molecular flexibility index (Phi) is 4.66. The molecule has 0 aliphatic heterocycles. The lowest BCUT2D eigenvalue weighted by molar-refractivity contribution is 0.198. The molecule has 0 spiro atoms. The van der Waals surface area contributed by atoms with Crippen molar-refractivity contribution in [2.75, 3.05) is 5.75 Å². The Balaban J connectivity index is 2.05. The first-order valence-corrected chi connectivity index (χ1v) is 7.01. The van der Waals surface area contributed by atoms with Crippen LogP contribution in [0.3, 0.4) is 0 Å². The van der Waals surface area contributed by atoms with Crippen molar-refractivity contribution >= 4 is 11.8 Å². The highest BCUT2D eigenvalue weighted by molar-refractivity contribution is 7.99. The minimum absolute atomic E-state index is 0.0578. The van der Waals surface area contributed by atoms with Crippen LogP contribution in [-0.2, 0) is 0 Å². The van der Waals surface area contributed by atoms with Crippen LogP contribution in [0.5, 0.6) is 0 Å². The maximum atomic E-state index is 13.5. The first-order chi connectivity index (χ1) is 9.49. The van der Waals surface area contributed by atoms with Gasteiger partial charge in [0.2, 0.25) is 5.16 Å². The quantitative estimate of drug-likeness (QED) is 0.859. The normalized spacial score (nSPS) is 12.9. The Labute approximate surface area is 119 Å². The van der Waals surface area contributed by atoms with Gasteiger partial charge < -0.3 is 5.11 Å². The largest absolute Gasteiger partial charge is 0.387 e. The van der Waals surface area contributed by atoms with Crippen LogP contribution in [0.25, 0.3) is 0 Å². The Morgan fingerprint density at radius 2 is 2.10 bits per heavy atom. The Morgan fingerprint density at radius 3 is 2.75 bits per heavy atom. The minimum atomic E-state index is -1.06. The van der Waals surface area contributed by atoms with E-state index in [-0.39, 0.29) is 17.4 Å². The molecule has 0 aliphatic carbocycles. The van der Waals surface area contributed by atoms with Gasteiger partial charge in [-0.1, -0.05) is 17.8 Å². The van der Waals surface area contributed by atoms with E-state index in [1.54, 1.807) is 4.68 Å². The summed E-state index contributed by atoms with van der Waals surface area (Å²) in [6, 6.07) is 3.19. The van der Waals surface area contributed by atoms with Gasteiger partial charge in [-0.15, -0.1) is 5.10 Å². The van der Waals surface area contributed by atoms with Gasteiger partial charge in [0.05, 0.1) is 12.1 Å². The van der Waals surface area contributed by atoms with Crippen molar-refractivity contribution in [2.45, 2.75) is 31.1 Å². The maximum Gasteiger partial charge on any atom is 0.209 e. The van der Waals surface area contributed by atoms with Gasteiger partial charge in [-0.05, 0) is 30.3 Å². The van der Waals surface area contributed by atoms with Crippen molar-refractivity contribution in [3.63, 3.8) is 0 Å². The summed E-state index contributed by atoms with van der Waals surface area (Å²) in [4.78, 5) is 0. The lowest BCUT2D eigenvalue weighted by Gasteiger charge is -2.12. The third kappa shape index (κ3) is 3.31. The van der Waals surface area contributed by atoms with Crippen LogP contribution in [-0.4, -0.2) is 31.1 Å². The highest BCUT2D eigenvalue weighted by Crippen LogP contribution is 2.26. The average Bonchev–Trinajstić information content (AvgIpc) is 2.84. The number of aliphatic hydroxyl groups is 1. The summed E-state index contributed by atoms with van der Waals surface area (Å²) in [6.07, 6.45) is -1.06. The second-order valence-corrected chi connectivity index (χ2v) is 5.48. The van der Waals surface area contributed by atoms with Crippen molar-refractivity contribution in [3.05, 3.63) is 35.4 Å². The zero-order valence-electron chi connectivity index (χ0n) is 11.0. The average molecular weight is 300 g/mol. The van der Waals surface area contributed by atoms with Gasteiger partial charge in [0.25, 0.3) is 0 Å². The minimum Gasteiger partial charge on any atom is -0.387 e. The highest BCUT2D eigenvalue weighted by Gasteiger charge is 2.17. The van der Waals surface area contributed by atoms with Crippen LogP contribution in [0.1, 0.15) is 31.6 Å². The summed E-state index contributed by atoms with van der Waals surface area (Å²) in [5, 5.41) is 21.7. The Hall–Kier alpha value is -1.54. The van der Waals surface area contributed by atoms with Crippen molar-refractivity contribution < 1.29 is 13.9 Å². The summed E-state index contributed by atoms with van der Waals surface area (Å²) in [7, 11) is 0. The fraction of sp³-hybridized carbons (Fsp3) is 0.417. The molecular weight excluding hydrogens is 286 g/mol. The molecule has 1 aromatic heterocycles. The molecule has 0 aliphatic rings. The molecule has 8 heteroatoms. The molecule has 20 heavy (non-hydrogen) atoms. The summed E-state index contributed by atoms with van der Waals surface area (Å²) < 4.78 is 27.9. The molecule has 2 aromatic rings. The molecule has 1 aromatic carbocycles. The molecule has 108 valence electrons.